The molecule has 7 nitrogen and oxygen atoms in total. The lowest BCUT2D eigenvalue weighted by Crippen LogP contribution is -2.40. The second-order valence-electron chi connectivity index (χ2n) is 8.13. The number of para-hydroxylation sites is 1. The van der Waals surface area contributed by atoms with Crippen molar-refractivity contribution >= 4 is 29.0 Å². The summed E-state index contributed by atoms with van der Waals surface area (Å²) in [6, 6.07) is 19.6. The van der Waals surface area contributed by atoms with Gasteiger partial charge in [0.15, 0.2) is 4.80 Å². The van der Waals surface area contributed by atoms with Gasteiger partial charge in [-0.2, -0.15) is 0 Å². The molecule has 0 saturated carbocycles. The fourth-order valence-corrected chi connectivity index (χ4v) is 5.15. The minimum Gasteiger partial charge on any atom is -0.497 e. The first-order valence-corrected chi connectivity index (χ1v) is 11.9. The van der Waals surface area contributed by atoms with Crippen molar-refractivity contribution in [2.75, 3.05) is 12.4 Å². The van der Waals surface area contributed by atoms with E-state index in [4.69, 9.17) is 9.15 Å². The van der Waals surface area contributed by atoms with Crippen LogP contribution < -0.4 is 24.9 Å². The number of rotatable bonds is 5. The van der Waals surface area contributed by atoms with Crippen LogP contribution in [0.5, 0.6) is 5.75 Å². The number of nitrogens with zero attached hydrogens (tertiary/aromatic N) is 2. The summed E-state index contributed by atoms with van der Waals surface area (Å²) in [5.41, 5.74) is 2.11. The Morgan fingerprint density at radius 1 is 1.11 bits per heavy atom. The SMILES string of the molecule is COc1cccc(C2C(C(=O)Nc3ccccc3)=C(C)N=c3s/c(=C\c4ccc(C)o4)c(=O)n32)c1. The zero-order valence-electron chi connectivity index (χ0n) is 19.4. The number of nitrogens with one attached hydrogen (secondary N) is 1. The highest BCUT2D eigenvalue weighted by atomic mass is 32.1. The summed E-state index contributed by atoms with van der Waals surface area (Å²) in [6.45, 7) is 3.64. The number of methoxy groups -OCH3 is 1. The number of amides is 1. The van der Waals surface area contributed by atoms with E-state index in [9.17, 15) is 9.59 Å². The first kappa shape index (κ1) is 22.6. The molecule has 176 valence electrons. The monoisotopic (exact) mass is 485 g/mol. The van der Waals surface area contributed by atoms with Gasteiger partial charge < -0.3 is 14.5 Å². The van der Waals surface area contributed by atoms with Crippen LogP contribution in [0.3, 0.4) is 0 Å². The third-order valence-electron chi connectivity index (χ3n) is 5.74. The van der Waals surface area contributed by atoms with Crippen molar-refractivity contribution in [3.63, 3.8) is 0 Å². The molecule has 3 heterocycles. The topological polar surface area (TPSA) is 85.8 Å². The number of thiazole rings is 1. The summed E-state index contributed by atoms with van der Waals surface area (Å²) in [4.78, 5) is 32.4. The van der Waals surface area contributed by atoms with Gasteiger partial charge in [0, 0.05) is 11.8 Å². The number of aryl methyl sites for hydroxylation is 1. The van der Waals surface area contributed by atoms with E-state index >= 15 is 0 Å². The van der Waals surface area contributed by atoms with Gasteiger partial charge in [-0.3, -0.25) is 14.2 Å². The van der Waals surface area contributed by atoms with E-state index in [0.29, 0.717) is 37.8 Å². The Morgan fingerprint density at radius 2 is 1.91 bits per heavy atom. The lowest BCUT2D eigenvalue weighted by Gasteiger charge is -2.25. The fraction of sp³-hybridized carbons (Fsp3) is 0.148. The number of hydrogen-bond acceptors (Lipinski definition) is 6. The Balaban J connectivity index is 1.69. The maximum atomic E-state index is 13.7. The second kappa shape index (κ2) is 9.23. The smallest absolute Gasteiger partial charge is 0.271 e. The summed E-state index contributed by atoms with van der Waals surface area (Å²) in [6.07, 6.45) is 1.71. The molecular formula is C27H23N3O4S. The number of fused-ring (bicyclic) bond motifs is 1. The number of furan rings is 1. The highest BCUT2D eigenvalue weighted by Crippen LogP contribution is 2.32. The highest BCUT2D eigenvalue weighted by molar-refractivity contribution is 7.07. The van der Waals surface area contributed by atoms with E-state index in [1.165, 1.54) is 11.3 Å². The van der Waals surface area contributed by atoms with E-state index in [1.54, 1.807) is 24.7 Å². The van der Waals surface area contributed by atoms with Gasteiger partial charge >= 0.3 is 0 Å². The molecule has 1 aliphatic rings. The van der Waals surface area contributed by atoms with E-state index in [1.807, 2.05) is 73.7 Å². The molecule has 4 aromatic rings. The van der Waals surface area contributed by atoms with Crippen LogP contribution in [-0.4, -0.2) is 17.6 Å². The fourth-order valence-electron chi connectivity index (χ4n) is 4.12. The van der Waals surface area contributed by atoms with Crippen LogP contribution in [0.15, 0.2) is 92.2 Å². The summed E-state index contributed by atoms with van der Waals surface area (Å²) in [5.74, 6) is 1.66. The molecule has 0 fully saturated rings. The molecule has 2 aromatic heterocycles. The van der Waals surface area contributed by atoms with Gasteiger partial charge in [0.25, 0.3) is 11.5 Å². The molecule has 5 rings (SSSR count). The molecule has 0 bridgehead atoms. The Kier molecular flexibility index (Phi) is 5.96. The Morgan fingerprint density at radius 3 is 2.63 bits per heavy atom. The van der Waals surface area contributed by atoms with Crippen molar-refractivity contribution in [3.8, 4) is 5.75 Å². The molecule has 1 N–H and O–H groups in total. The predicted octanol–water partition coefficient (Wildman–Crippen LogP) is 3.78. The Hall–Kier alpha value is -4.17. The normalized spacial score (nSPS) is 15.5. The number of hydrogen-bond donors (Lipinski definition) is 1. The lowest BCUT2D eigenvalue weighted by molar-refractivity contribution is -0.113. The number of benzene rings is 2. The van der Waals surface area contributed by atoms with Crippen molar-refractivity contribution in [3.05, 3.63) is 115 Å². The van der Waals surface area contributed by atoms with Gasteiger partial charge in [-0.15, -0.1) is 0 Å². The summed E-state index contributed by atoms with van der Waals surface area (Å²) in [5, 5.41) is 2.95. The third-order valence-corrected chi connectivity index (χ3v) is 6.72. The molecule has 8 heteroatoms. The standard InChI is InChI=1S/C27H23N3O4S/c1-16-12-13-21(34-16)15-22-26(32)30-24(18-8-7-11-20(14-18)33-3)23(17(2)28-27(30)35-22)25(31)29-19-9-5-4-6-10-19/h4-15,24H,1-3H3,(H,29,31)/b22-15-. The van der Waals surface area contributed by atoms with Crippen molar-refractivity contribution in [1.29, 1.82) is 0 Å². The van der Waals surface area contributed by atoms with E-state index < -0.39 is 6.04 Å². The van der Waals surface area contributed by atoms with E-state index in [-0.39, 0.29) is 11.5 Å². The summed E-state index contributed by atoms with van der Waals surface area (Å²) < 4.78 is 13.1. The highest BCUT2D eigenvalue weighted by Gasteiger charge is 2.32. The minimum atomic E-state index is -0.675. The van der Waals surface area contributed by atoms with Crippen LogP contribution in [0.1, 0.15) is 30.0 Å². The van der Waals surface area contributed by atoms with Gasteiger partial charge in [0.2, 0.25) is 0 Å². The van der Waals surface area contributed by atoms with Crippen LogP contribution in [-0.2, 0) is 4.79 Å². The third kappa shape index (κ3) is 4.36. The van der Waals surface area contributed by atoms with Gasteiger partial charge in [-0.25, -0.2) is 4.99 Å². The molecule has 0 saturated heterocycles. The number of ether oxygens (including phenoxy) is 1. The largest absolute Gasteiger partial charge is 0.497 e. The van der Waals surface area contributed by atoms with Crippen LogP contribution in [0, 0.1) is 6.92 Å². The van der Waals surface area contributed by atoms with Crippen molar-refractivity contribution < 1.29 is 13.9 Å². The molecular weight excluding hydrogens is 462 g/mol. The van der Waals surface area contributed by atoms with Crippen LogP contribution >= 0.6 is 11.3 Å². The summed E-state index contributed by atoms with van der Waals surface area (Å²) >= 11 is 1.27. The number of allylic oxidation sites excluding steroid dienone is 1. The number of carbonyl (C=O) groups excluding carboxylic acids is 1. The first-order valence-electron chi connectivity index (χ1n) is 11.0. The number of carbonyl (C=O) groups is 1. The lowest BCUT2D eigenvalue weighted by atomic mass is 9.95. The molecule has 0 radical (unpaired) electrons. The molecule has 0 aliphatic carbocycles. The van der Waals surface area contributed by atoms with Crippen LogP contribution in [0.2, 0.25) is 0 Å². The molecule has 1 unspecified atom stereocenters. The molecule has 35 heavy (non-hydrogen) atoms. The number of anilines is 1. The average molecular weight is 486 g/mol. The van der Waals surface area contributed by atoms with E-state index in [0.717, 1.165) is 11.3 Å². The maximum Gasteiger partial charge on any atom is 0.271 e. The van der Waals surface area contributed by atoms with Gasteiger partial charge in [0.1, 0.15) is 17.3 Å². The van der Waals surface area contributed by atoms with Gasteiger partial charge in [-0.1, -0.05) is 41.7 Å². The van der Waals surface area contributed by atoms with Crippen LogP contribution in [0.25, 0.3) is 6.08 Å². The molecule has 2 aromatic carbocycles. The molecule has 1 amide bonds. The summed E-state index contributed by atoms with van der Waals surface area (Å²) in [7, 11) is 1.58. The second-order valence-corrected chi connectivity index (χ2v) is 9.14. The minimum absolute atomic E-state index is 0.242. The van der Waals surface area contributed by atoms with Crippen molar-refractivity contribution in [1.82, 2.24) is 4.57 Å². The van der Waals surface area contributed by atoms with Crippen molar-refractivity contribution in [2.24, 2.45) is 4.99 Å². The zero-order chi connectivity index (χ0) is 24.5. The van der Waals surface area contributed by atoms with E-state index in [2.05, 4.69) is 10.3 Å². The van der Waals surface area contributed by atoms with Crippen molar-refractivity contribution in [2.45, 2.75) is 19.9 Å². The van der Waals surface area contributed by atoms with Crippen LogP contribution in [0.4, 0.5) is 5.69 Å². The van der Waals surface area contributed by atoms with Gasteiger partial charge in [-0.05, 0) is 55.8 Å². The number of aromatic nitrogens is 1. The zero-order valence-corrected chi connectivity index (χ0v) is 20.3. The Labute approximate surface area is 205 Å². The molecule has 1 aliphatic heterocycles. The quantitative estimate of drug-likeness (QED) is 0.466. The maximum absolute atomic E-state index is 13.7. The molecule has 1 atom stereocenters. The Bertz CT molecular complexity index is 1630. The first-order chi connectivity index (χ1) is 16.9. The average Bonchev–Trinajstić information content (AvgIpc) is 3.40. The predicted molar refractivity (Wildman–Crippen MR) is 135 cm³/mol. The molecule has 0 spiro atoms. The van der Waals surface area contributed by atoms with Gasteiger partial charge in [0.05, 0.1) is 29.0 Å².